The average Bonchev–Trinajstić information content (AvgIpc) is 2.98. The van der Waals surface area contributed by atoms with Crippen molar-refractivity contribution in [3.8, 4) is 5.75 Å². The van der Waals surface area contributed by atoms with Crippen LogP contribution in [-0.4, -0.2) is 21.4 Å². The number of anilines is 1. The zero-order chi connectivity index (χ0) is 16.2. The van der Waals surface area contributed by atoms with Gasteiger partial charge >= 0.3 is 0 Å². The zero-order valence-corrected chi connectivity index (χ0v) is 13.8. The highest BCUT2D eigenvalue weighted by Crippen LogP contribution is 2.27. The van der Waals surface area contributed by atoms with Gasteiger partial charge in [0.15, 0.2) is 0 Å². The minimum atomic E-state index is -3.67. The van der Waals surface area contributed by atoms with Crippen LogP contribution in [0, 0.1) is 0 Å². The fourth-order valence-electron chi connectivity index (χ4n) is 1.80. The molecule has 2 N–H and O–H groups in total. The van der Waals surface area contributed by atoms with Gasteiger partial charge in [0, 0.05) is 18.3 Å². The van der Waals surface area contributed by atoms with Gasteiger partial charge in [-0.2, -0.15) is 0 Å². The summed E-state index contributed by atoms with van der Waals surface area (Å²) in [7, 11) is -2.22. The van der Waals surface area contributed by atoms with Crippen molar-refractivity contribution in [2.24, 2.45) is 0 Å². The molecule has 1 aromatic heterocycles. The molecule has 0 saturated carbocycles. The quantitative estimate of drug-likeness (QED) is 0.844. The van der Waals surface area contributed by atoms with Crippen molar-refractivity contribution in [3.63, 3.8) is 0 Å². The van der Waals surface area contributed by atoms with Gasteiger partial charge in [0.25, 0.3) is 0 Å². The molecule has 2 aromatic rings. The maximum atomic E-state index is 12.3. The molecular formula is C14H16N2O4S2. The van der Waals surface area contributed by atoms with E-state index in [9.17, 15) is 13.2 Å². The molecule has 0 radical (unpaired) electrons. The minimum Gasteiger partial charge on any atom is -0.495 e. The molecule has 0 fully saturated rings. The first kappa shape index (κ1) is 16.5. The van der Waals surface area contributed by atoms with Crippen LogP contribution in [-0.2, 0) is 21.4 Å². The lowest BCUT2D eigenvalue weighted by Gasteiger charge is -2.12. The summed E-state index contributed by atoms with van der Waals surface area (Å²) in [5, 5.41) is 4.43. The Morgan fingerprint density at radius 3 is 2.68 bits per heavy atom. The van der Waals surface area contributed by atoms with Gasteiger partial charge in [-0.3, -0.25) is 4.79 Å². The summed E-state index contributed by atoms with van der Waals surface area (Å²) in [6, 6.07) is 8.02. The molecular weight excluding hydrogens is 324 g/mol. The lowest BCUT2D eigenvalue weighted by molar-refractivity contribution is -0.114. The summed E-state index contributed by atoms with van der Waals surface area (Å²) in [5.74, 6) is 0.0896. The van der Waals surface area contributed by atoms with E-state index in [2.05, 4.69) is 10.0 Å². The molecule has 0 atom stereocenters. The molecule has 118 valence electrons. The van der Waals surface area contributed by atoms with Crippen molar-refractivity contribution >= 4 is 33.0 Å². The molecule has 22 heavy (non-hydrogen) atoms. The minimum absolute atomic E-state index is 0.0635. The monoisotopic (exact) mass is 340 g/mol. The van der Waals surface area contributed by atoms with E-state index in [1.165, 1.54) is 43.6 Å². The lowest BCUT2D eigenvalue weighted by Crippen LogP contribution is -2.23. The summed E-state index contributed by atoms with van der Waals surface area (Å²) in [6.07, 6.45) is 0. The van der Waals surface area contributed by atoms with Crippen LogP contribution in [0.15, 0.2) is 40.6 Å². The van der Waals surface area contributed by atoms with Crippen LogP contribution in [0.3, 0.4) is 0 Å². The molecule has 0 bridgehead atoms. The van der Waals surface area contributed by atoms with Crippen molar-refractivity contribution in [2.75, 3.05) is 12.4 Å². The molecule has 0 unspecified atom stereocenters. The number of thiophene rings is 1. The fraction of sp³-hybridized carbons (Fsp3) is 0.214. The zero-order valence-electron chi connectivity index (χ0n) is 12.1. The summed E-state index contributed by atoms with van der Waals surface area (Å²) in [5.41, 5.74) is 0.314. The van der Waals surface area contributed by atoms with Crippen LogP contribution in [0.2, 0.25) is 0 Å². The van der Waals surface area contributed by atoms with E-state index in [1.54, 1.807) is 0 Å². The van der Waals surface area contributed by atoms with E-state index in [0.717, 1.165) is 4.88 Å². The number of amides is 1. The highest BCUT2D eigenvalue weighted by atomic mass is 32.2. The second-order valence-electron chi connectivity index (χ2n) is 4.45. The van der Waals surface area contributed by atoms with Gasteiger partial charge in [-0.15, -0.1) is 11.3 Å². The van der Waals surface area contributed by atoms with Crippen molar-refractivity contribution < 1.29 is 17.9 Å². The van der Waals surface area contributed by atoms with Gasteiger partial charge in [0.05, 0.1) is 17.7 Å². The van der Waals surface area contributed by atoms with E-state index in [1.807, 2.05) is 17.5 Å². The molecule has 8 heteroatoms. The fourth-order valence-corrected chi connectivity index (χ4v) is 3.57. The maximum absolute atomic E-state index is 12.3. The Hall–Kier alpha value is -1.90. The van der Waals surface area contributed by atoms with Crippen LogP contribution < -0.4 is 14.8 Å². The Bertz CT molecular complexity index is 755. The third kappa shape index (κ3) is 4.06. The molecule has 1 aromatic carbocycles. The highest BCUT2D eigenvalue weighted by Gasteiger charge is 2.17. The molecule has 1 heterocycles. The number of carbonyl (C=O) groups is 1. The Kier molecular flexibility index (Phi) is 5.17. The van der Waals surface area contributed by atoms with E-state index in [4.69, 9.17) is 4.74 Å². The highest BCUT2D eigenvalue weighted by molar-refractivity contribution is 7.89. The van der Waals surface area contributed by atoms with E-state index in [0.29, 0.717) is 11.4 Å². The first-order valence-electron chi connectivity index (χ1n) is 6.40. The van der Waals surface area contributed by atoms with Gasteiger partial charge in [-0.25, -0.2) is 13.1 Å². The first-order chi connectivity index (χ1) is 10.4. The van der Waals surface area contributed by atoms with Crippen LogP contribution in [0.1, 0.15) is 11.8 Å². The van der Waals surface area contributed by atoms with Crippen LogP contribution >= 0.6 is 11.3 Å². The lowest BCUT2D eigenvalue weighted by atomic mass is 10.3. The van der Waals surface area contributed by atoms with E-state index >= 15 is 0 Å². The summed E-state index contributed by atoms with van der Waals surface area (Å²) < 4.78 is 32.2. The molecule has 0 aliphatic rings. The predicted molar refractivity (Wildman–Crippen MR) is 85.6 cm³/mol. The Labute approximate surface area is 133 Å². The van der Waals surface area contributed by atoms with Crippen molar-refractivity contribution in [3.05, 3.63) is 40.6 Å². The number of nitrogens with one attached hydrogen (secondary N) is 2. The Balaban J connectivity index is 2.24. The standard InChI is InChI=1S/C14H16N2O4S2/c1-10(17)16-13-8-12(5-6-14(13)20-2)22(18,19)15-9-11-4-3-7-21-11/h3-8,15H,9H2,1-2H3,(H,16,17). The molecule has 0 saturated heterocycles. The molecule has 2 rings (SSSR count). The first-order valence-corrected chi connectivity index (χ1v) is 8.76. The molecule has 0 aliphatic heterocycles. The number of carbonyl (C=O) groups excluding carboxylic acids is 1. The van der Waals surface area contributed by atoms with Crippen LogP contribution in [0.5, 0.6) is 5.75 Å². The van der Waals surface area contributed by atoms with Crippen molar-refractivity contribution in [2.45, 2.75) is 18.4 Å². The van der Waals surface area contributed by atoms with Crippen molar-refractivity contribution in [1.29, 1.82) is 0 Å². The smallest absolute Gasteiger partial charge is 0.240 e. The molecule has 0 spiro atoms. The average molecular weight is 340 g/mol. The molecule has 6 nitrogen and oxygen atoms in total. The predicted octanol–water partition coefficient (Wildman–Crippen LogP) is 2.19. The van der Waals surface area contributed by atoms with E-state index < -0.39 is 10.0 Å². The number of benzene rings is 1. The number of sulfonamides is 1. The molecule has 0 aliphatic carbocycles. The Morgan fingerprint density at radius 1 is 1.32 bits per heavy atom. The second kappa shape index (κ2) is 6.91. The number of methoxy groups -OCH3 is 1. The van der Waals surface area contributed by atoms with Crippen LogP contribution in [0.25, 0.3) is 0 Å². The summed E-state index contributed by atoms with van der Waals surface area (Å²) in [6.45, 7) is 1.57. The number of hydrogen-bond acceptors (Lipinski definition) is 5. The van der Waals surface area contributed by atoms with Gasteiger partial charge in [-0.1, -0.05) is 6.07 Å². The number of ether oxygens (including phenoxy) is 1. The number of hydrogen-bond donors (Lipinski definition) is 2. The summed E-state index contributed by atoms with van der Waals surface area (Å²) >= 11 is 1.47. The van der Waals surface area contributed by atoms with Gasteiger partial charge in [0.1, 0.15) is 5.75 Å². The van der Waals surface area contributed by atoms with Gasteiger partial charge in [0.2, 0.25) is 15.9 Å². The van der Waals surface area contributed by atoms with Crippen LogP contribution in [0.4, 0.5) is 5.69 Å². The third-order valence-corrected chi connectivity index (χ3v) is 5.08. The van der Waals surface area contributed by atoms with Crippen molar-refractivity contribution in [1.82, 2.24) is 4.72 Å². The third-order valence-electron chi connectivity index (χ3n) is 2.81. The SMILES string of the molecule is COc1ccc(S(=O)(=O)NCc2cccs2)cc1NC(C)=O. The second-order valence-corrected chi connectivity index (χ2v) is 7.25. The van der Waals surface area contributed by atoms with E-state index in [-0.39, 0.29) is 17.3 Å². The number of rotatable bonds is 6. The topological polar surface area (TPSA) is 84.5 Å². The maximum Gasteiger partial charge on any atom is 0.240 e. The largest absolute Gasteiger partial charge is 0.495 e. The van der Waals surface area contributed by atoms with Gasteiger partial charge < -0.3 is 10.1 Å². The normalized spacial score (nSPS) is 11.2. The summed E-state index contributed by atoms with van der Waals surface area (Å²) in [4.78, 5) is 12.2. The Morgan fingerprint density at radius 2 is 2.09 bits per heavy atom. The van der Waals surface area contributed by atoms with Gasteiger partial charge in [-0.05, 0) is 29.6 Å². The molecule has 1 amide bonds.